The van der Waals surface area contributed by atoms with Crippen molar-refractivity contribution >= 4 is 11.6 Å². The molecule has 2 aliphatic rings. The molecule has 142 valence electrons. The summed E-state index contributed by atoms with van der Waals surface area (Å²) in [6.07, 6.45) is 3.30. The molecule has 2 aliphatic heterocycles. The predicted molar refractivity (Wildman–Crippen MR) is 105 cm³/mol. The minimum absolute atomic E-state index is 0.0649. The summed E-state index contributed by atoms with van der Waals surface area (Å²) < 4.78 is 5.66. The van der Waals surface area contributed by atoms with Crippen molar-refractivity contribution in [3.05, 3.63) is 71.4 Å². The third-order valence-corrected chi connectivity index (χ3v) is 5.50. The van der Waals surface area contributed by atoms with Gasteiger partial charge < -0.3 is 15.4 Å². The molecule has 1 spiro atoms. The summed E-state index contributed by atoms with van der Waals surface area (Å²) in [4.78, 5) is 19.6. The van der Waals surface area contributed by atoms with Crippen LogP contribution in [0.4, 0.5) is 5.69 Å². The number of para-hydroxylation sites is 1. The number of anilines is 1. The number of nitrogens with two attached hydrogens (primary N) is 1. The van der Waals surface area contributed by atoms with Gasteiger partial charge in [-0.05, 0) is 25.1 Å². The van der Waals surface area contributed by atoms with Crippen LogP contribution in [0.5, 0.6) is 5.88 Å². The van der Waals surface area contributed by atoms with E-state index in [1.54, 1.807) is 29.4 Å². The van der Waals surface area contributed by atoms with Crippen molar-refractivity contribution in [3.63, 3.8) is 0 Å². The third kappa shape index (κ3) is 1.99. The maximum Gasteiger partial charge on any atom is 0.247 e. The number of amides is 1. The van der Waals surface area contributed by atoms with E-state index in [4.69, 9.17) is 10.5 Å². The van der Waals surface area contributed by atoms with E-state index >= 15 is 0 Å². The molecule has 0 fully saturated rings. The minimum atomic E-state index is -1.43. The molecule has 2 aromatic heterocycles. The van der Waals surface area contributed by atoms with Gasteiger partial charge >= 0.3 is 0 Å². The molecule has 1 amide bonds. The zero-order valence-electron chi connectivity index (χ0n) is 15.5. The highest BCUT2D eigenvalue weighted by Crippen LogP contribution is 2.56. The van der Waals surface area contributed by atoms with Gasteiger partial charge in [-0.2, -0.15) is 5.26 Å². The van der Waals surface area contributed by atoms with E-state index in [2.05, 4.69) is 21.3 Å². The average Bonchev–Trinajstić information content (AvgIpc) is 3.27. The number of carbonyl (C=O) groups excluding carboxylic acids is 1. The number of benzene rings is 1. The Morgan fingerprint density at radius 1 is 1.28 bits per heavy atom. The zero-order valence-corrected chi connectivity index (χ0v) is 15.5. The van der Waals surface area contributed by atoms with Crippen LogP contribution < -0.4 is 15.4 Å². The quantitative estimate of drug-likeness (QED) is 0.699. The lowest BCUT2D eigenvalue weighted by atomic mass is 9.68. The molecule has 5 rings (SSSR count). The normalized spacial score (nSPS) is 19.7. The second-order valence-corrected chi connectivity index (χ2v) is 6.78. The van der Waals surface area contributed by atoms with Crippen LogP contribution in [0.2, 0.25) is 0 Å². The number of fused-ring (bicyclic) bond motifs is 4. The Hall–Kier alpha value is -4.12. The first-order valence-corrected chi connectivity index (χ1v) is 9.13. The van der Waals surface area contributed by atoms with Crippen LogP contribution in [0.25, 0.3) is 11.3 Å². The van der Waals surface area contributed by atoms with E-state index in [0.717, 1.165) is 11.3 Å². The predicted octanol–water partition coefficient (Wildman–Crippen LogP) is 2.21. The summed E-state index contributed by atoms with van der Waals surface area (Å²) in [5.74, 6) is -0.176. The van der Waals surface area contributed by atoms with Gasteiger partial charge in [-0.15, -0.1) is 5.10 Å². The van der Waals surface area contributed by atoms with Gasteiger partial charge in [0, 0.05) is 35.8 Å². The lowest BCUT2D eigenvalue weighted by molar-refractivity contribution is -0.120. The SMILES string of the molecule is CCN1C(=O)[C@]2(C(C#N)=C(N)Oc3n[nH]c(-c4ccncc4)c32)c2ccccc21. The lowest BCUT2D eigenvalue weighted by Gasteiger charge is -2.32. The number of pyridine rings is 1. The Morgan fingerprint density at radius 3 is 2.76 bits per heavy atom. The molecule has 3 aromatic rings. The molecule has 1 atom stereocenters. The van der Waals surface area contributed by atoms with E-state index in [1.165, 1.54) is 0 Å². The highest BCUT2D eigenvalue weighted by Gasteiger charge is 2.60. The summed E-state index contributed by atoms with van der Waals surface area (Å²) >= 11 is 0. The monoisotopic (exact) mass is 384 g/mol. The van der Waals surface area contributed by atoms with Gasteiger partial charge in [0.15, 0.2) is 0 Å². The number of H-pyrrole nitrogens is 1. The standard InChI is InChI=1S/C21H16N6O2/c1-2-27-15-6-4-3-5-13(15)21(20(27)28)14(11-22)18(23)29-19-16(21)17(25-26-19)12-7-9-24-10-8-12/h3-10H,2,23H2,1H3,(H,25,26)/t21-/m0/s1. The van der Waals surface area contributed by atoms with Crippen molar-refractivity contribution in [3.8, 4) is 23.2 Å². The average molecular weight is 384 g/mol. The Morgan fingerprint density at radius 2 is 2.03 bits per heavy atom. The van der Waals surface area contributed by atoms with Gasteiger partial charge in [0.25, 0.3) is 0 Å². The number of nitrogens with zero attached hydrogens (tertiary/aromatic N) is 4. The van der Waals surface area contributed by atoms with Crippen molar-refractivity contribution < 1.29 is 9.53 Å². The number of likely N-dealkylation sites (N-methyl/N-ethyl adjacent to an activating group) is 1. The molecular formula is C21H16N6O2. The van der Waals surface area contributed by atoms with E-state index < -0.39 is 5.41 Å². The molecule has 29 heavy (non-hydrogen) atoms. The fraction of sp³-hybridized carbons (Fsp3) is 0.143. The highest BCUT2D eigenvalue weighted by molar-refractivity contribution is 6.15. The first-order valence-electron chi connectivity index (χ1n) is 9.13. The van der Waals surface area contributed by atoms with Gasteiger partial charge in [0.2, 0.25) is 17.7 Å². The van der Waals surface area contributed by atoms with E-state index in [1.807, 2.05) is 31.2 Å². The van der Waals surface area contributed by atoms with E-state index in [0.29, 0.717) is 23.4 Å². The van der Waals surface area contributed by atoms with E-state index in [-0.39, 0.29) is 23.2 Å². The molecule has 0 radical (unpaired) electrons. The Balaban J connectivity index is 1.93. The Bertz CT molecular complexity index is 1220. The largest absolute Gasteiger partial charge is 0.420 e. The molecule has 3 N–H and O–H groups in total. The van der Waals surface area contributed by atoms with Crippen molar-refractivity contribution in [2.45, 2.75) is 12.3 Å². The van der Waals surface area contributed by atoms with Gasteiger partial charge in [0.1, 0.15) is 17.1 Å². The Labute approximate surface area is 166 Å². The number of hydrogen-bond acceptors (Lipinski definition) is 6. The maximum absolute atomic E-state index is 13.9. The maximum atomic E-state index is 13.9. The molecule has 0 aliphatic carbocycles. The number of carbonyl (C=O) groups is 1. The molecule has 0 saturated carbocycles. The third-order valence-electron chi connectivity index (χ3n) is 5.50. The fourth-order valence-corrected chi connectivity index (χ4v) is 4.33. The van der Waals surface area contributed by atoms with Gasteiger partial charge in [-0.25, -0.2) is 0 Å². The van der Waals surface area contributed by atoms with Crippen LogP contribution in [0.15, 0.2) is 60.2 Å². The molecule has 4 heterocycles. The first-order chi connectivity index (χ1) is 14.1. The zero-order chi connectivity index (χ0) is 20.2. The summed E-state index contributed by atoms with van der Waals surface area (Å²) in [6, 6.07) is 13.2. The van der Waals surface area contributed by atoms with Crippen molar-refractivity contribution in [2.24, 2.45) is 5.73 Å². The second-order valence-electron chi connectivity index (χ2n) is 6.78. The summed E-state index contributed by atoms with van der Waals surface area (Å²) in [6.45, 7) is 2.35. The number of aromatic nitrogens is 3. The van der Waals surface area contributed by atoms with Crippen LogP contribution in [0.3, 0.4) is 0 Å². The number of aromatic amines is 1. The molecular weight excluding hydrogens is 368 g/mol. The molecule has 8 heteroatoms. The van der Waals surface area contributed by atoms with Crippen molar-refractivity contribution in [1.29, 1.82) is 5.26 Å². The van der Waals surface area contributed by atoms with Crippen LogP contribution in [-0.4, -0.2) is 27.6 Å². The van der Waals surface area contributed by atoms with E-state index in [9.17, 15) is 10.1 Å². The fourth-order valence-electron chi connectivity index (χ4n) is 4.33. The first kappa shape index (κ1) is 17.0. The van der Waals surface area contributed by atoms with Crippen LogP contribution in [0.1, 0.15) is 18.1 Å². The van der Waals surface area contributed by atoms with Crippen molar-refractivity contribution in [1.82, 2.24) is 15.2 Å². The smallest absolute Gasteiger partial charge is 0.247 e. The molecule has 0 unspecified atom stereocenters. The topological polar surface area (TPSA) is 121 Å². The van der Waals surface area contributed by atoms with Gasteiger partial charge in [-0.3, -0.25) is 14.9 Å². The summed E-state index contributed by atoms with van der Waals surface area (Å²) in [5, 5.41) is 17.3. The van der Waals surface area contributed by atoms with Gasteiger partial charge in [-0.1, -0.05) is 18.2 Å². The number of rotatable bonds is 2. The number of ether oxygens (including phenoxy) is 1. The number of nitrogens with one attached hydrogen (secondary N) is 1. The van der Waals surface area contributed by atoms with Crippen LogP contribution >= 0.6 is 0 Å². The summed E-state index contributed by atoms with van der Waals surface area (Å²) in [7, 11) is 0. The minimum Gasteiger partial charge on any atom is -0.420 e. The molecule has 1 aromatic carbocycles. The summed E-state index contributed by atoms with van der Waals surface area (Å²) in [5.41, 5.74) is 8.03. The number of hydrogen-bond donors (Lipinski definition) is 2. The van der Waals surface area contributed by atoms with Crippen LogP contribution in [-0.2, 0) is 10.2 Å². The molecule has 8 nitrogen and oxygen atoms in total. The van der Waals surface area contributed by atoms with Crippen molar-refractivity contribution in [2.75, 3.05) is 11.4 Å². The Kier molecular flexibility index (Phi) is 3.48. The number of nitriles is 1. The van der Waals surface area contributed by atoms with Gasteiger partial charge in [0.05, 0.1) is 11.3 Å². The molecule has 0 bridgehead atoms. The van der Waals surface area contributed by atoms with Crippen LogP contribution in [0, 0.1) is 11.3 Å². The molecule has 0 saturated heterocycles. The second kappa shape index (κ2) is 5.94. The highest BCUT2D eigenvalue weighted by atomic mass is 16.5. The lowest BCUT2D eigenvalue weighted by Crippen LogP contribution is -2.45.